The summed E-state index contributed by atoms with van der Waals surface area (Å²) < 4.78 is 6.03. The summed E-state index contributed by atoms with van der Waals surface area (Å²) in [4.78, 5) is 0. The van der Waals surface area contributed by atoms with E-state index in [-0.39, 0.29) is 6.10 Å². The van der Waals surface area contributed by atoms with Crippen molar-refractivity contribution in [3.63, 3.8) is 0 Å². The second-order valence-electron chi connectivity index (χ2n) is 4.72. The van der Waals surface area contributed by atoms with E-state index in [9.17, 15) is 0 Å². The van der Waals surface area contributed by atoms with Gasteiger partial charge in [-0.25, -0.2) is 0 Å². The normalized spacial score (nSPS) is 16.7. The van der Waals surface area contributed by atoms with Crippen LogP contribution in [0, 0.1) is 18.3 Å². The fraction of sp³-hybridized carbons (Fsp3) is 0.188. The van der Waals surface area contributed by atoms with Crippen molar-refractivity contribution in [1.82, 2.24) is 0 Å². The maximum atomic E-state index is 8.95. The number of nitriles is 1. The average molecular weight is 250 g/mol. The van der Waals surface area contributed by atoms with Crippen molar-refractivity contribution in [2.75, 3.05) is 11.9 Å². The fourth-order valence-electron chi connectivity index (χ4n) is 2.27. The second-order valence-corrected chi connectivity index (χ2v) is 4.72. The number of aryl methyl sites for hydroxylation is 1. The van der Waals surface area contributed by atoms with Crippen LogP contribution in [0.4, 0.5) is 5.69 Å². The van der Waals surface area contributed by atoms with Crippen molar-refractivity contribution in [3.8, 4) is 11.8 Å². The van der Waals surface area contributed by atoms with Crippen LogP contribution in [0.15, 0.2) is 42.5 Å². The van der Waals surface area contributed by atoms with Crippen molar-refractivity contribution in [3.05, 3.63) is 59.2 Å². The lowest BCUT2D eigenvalue weighted by Crippen LogP contribution is -2.23. The number of nitrogens with zero attached hydrogens (tertiary/aromatic N) is 1. The van der Waals surface area contributed by atoms with Crippen molar-refractivity contribution < 1.29 is 4.74 Å². The van der Waals surface area contributed by atoms with E-state index in [1.807, 2.05) is 37.3 Å². The molecule has 0 amide bonds. The Hall–Kier alpha value is -2.47. The van der Waals surface area contributed by atoms with Gasteiger partial charge in [0, 0.05) is 0 Å². The van der Waals surface area contributed by atoms with E-state index in [0.29, 0.717) is 12.1 Å². The molecule has 19 heavy (non-hydrogen) atoms. The fourth-order valence-corrected chi connectivity index (χ4v) is 2.27. The molecule has 3 heteroatoms. The Balaban J connectivity index is 1.91. The highest BCUT2D eigenvalue weighted by Crippen LogP contribution is 2.34. The average Bonchev–Trinajstić information content (AvgIpc) is 2.46. The Morgan fingerprint density at radius 1 is 1.26 bits per heavy atom. The minimum Gasteiger partial charge on any atom is -0.482 e. The third-order valence-corrected chi connectivity index (χ3v) is 3.27. The quantitative estimate of drug-likeness (QED) is 0.843. The van der Waals surface area contributed by atoms with Crippen LogP contribution in [0.25, 0.3) is 0 Å². The van der Waals surface area contributed by atoms with Crippen molar-refractivity contribution >= 4 is 5.69 Å². The molecule has 3 rings (SSSR count). The van der Waals surface area contributed by atoms with Gasteiger partial charge in [0.25, 0.3) is 0 Å². The lowest BCUT2D eigenvalue weighted by Gasteiger charge is -2.28. The summed E-state index contributed by atoms with van der Waals surface area (Å²) in [6.45, 7) is 2.76. The predicted molar refractivity (Wildman–Crippen MR) is 74.2 cm³/mol. The van der Waals surface area contributed by atoms with Crippen LogP contribution in [0.5, 0.6) is 5.75 Å². The highest BCUT2D eigenvalue weighted by atomic mass is 16.5. The van der Waals surface area contributed by atoms with Crippen molar-refractivity contribution in [1.29, 1.82) is 5.26 Å². The molecular formula is C16H14N2O. The predicted octanol–water partition coefficient (Wildman–Crippen LogP) is 3.41. The third kappa shape index (κ3) is 2.25. The van der Waals surface area contributed by atoms with Gasteiger partial charge >= 0.3 is 0 Å². The van der Waals surface area contributed by atoms with Gasteiger partial charge in [-0.2, -0.15) is 5.26 Å². The highest BCUT2D eigenvalue weighted by molar-refractivity contribution is 5.59. The smallest absolute Gasteiger partial charge is 0.143 e. The zero-order chi connectivity index (χ0) is 13.2. The van der Waals surface area contributed by atoms with Crippen LogP contribution in [0.3, 0.4) is 0 Å². The van der Waals surface area contributed by atoms with Gasteiger partial charge < -0.3 is 10.1 Å². The van der Waals surface area contributed by atoms with Gasteiger partial charge in [-0.15, -0.1) is 0 Å². The summed E-state index contributed by atoms with van der Waals surface area (Å²) in [5.74, 6) is 0.874. The molecule has 0 aliphatic carbocycles. The molecule has 1 aliphatic rings. The molecule has 1 heterocycles. The molecule has 0 radical (unpaired) electrons. The first kappa shape index (κ1) is 11.6. The first-order chi connectivity index (χ1) is 9.26. The lowest BCUT2D eigenvalue weighted by atomic mass is 10.0. The summed E-state index contributed by atoms with van der Waals surface area (Å²) in [5.41, 5.74) is 3.89. The van der Waals surface area contributed by atoms with Gasteiger partial charge in [0.05, 0.1) is 23.9 Å². The van der Waals surface area contributed by atoms with Gasteiger partial charge in [0.2, 0.25) is 0 Å². The maximum absolute atomic E-state index is 8.95. The molecule has 2 aromatic rings. The molecule has 0 aromatic heterocycles. The van der Waals surface area contributed by atoms with E-state index >= 15 is 0 Å². The van der Waals surface area contributed by atoms with Crippen molar-refractivity contribution in [2.24, 2.45) is 0 Å². The third-order valence-electron chi connectivity index (χ3n) is 3.27. The van der Waals surface area contributed by atoms with E-state index in [4.69, 9.17) is 10.00 Å². The maximum Gasteiger partial charge on any atom is 0.143 e. The van der Waals surface area contributed by atoms with E-state index in [1.54, 1.807) is 6.07 Å². The van der Waals surface area contributed by atoms with Gasteiger partial charge in [-0.3, -0.25) is 0 Å². The number of benzene rings is 2. The lowest BCUT2D eigenvalue weighted by molar-refractivity contribution is 0.210. The van der Waals surface area contributed by atoms with Gasteiger partial charge in [0.1, 0.15) is 11.9 Å². The molecule has 2 aromatic carbocycles. The van der Waals surface area contributed by atoms with E-state index in [1.165, 1.54) is 5.56 Å². The van der Waals surface area contributed by atoms with Gasteiger partial charge in [-0.05, 0) is 42.3 Å². The molecule has 0 fully saturated rings. The molecule has 1 atom stereocenters. The van der Waals surface area contributed by atoms with E-state index in [0.717, 1.165) is 17.0 Å². The van der Waals surface area contributed by atoms with Gasteiger partial charge in [-0.1, -0.05) is 18.2 Å². The zero-order valence-corrected chi connectivity index (χ0v) is 10.7. The van der Waals surface area contributed by atoms with E-state index in [2.05, 4.69) is 17.5 Å². The topological polar surface area (TPSA) is 45.0 Å². The molecule has 3 nitrogen and oxygen atoms in total. The number of fused-ring (bicyclic) bond motifs is 1. The molecule has 0 spiro atoms. The molecule has 0 saturated heterocycles. The van der Waals surface area contributed by atoms with Crippen molar-refractivity contribution in [2.45, 2.75) is 13.0 Å². The van der Waals surface area contributed by atoms with Crippen LogP contribution in [0.2, 0.25) is 0 Å². The number of ether oxygens (including phenoxy) is 1. The molecule has 1 N–H and O–H groups in total. The molecule has 94 valence electrons. The van der Waals surface area contributed by atoms with Crippen LogP contribution < -0.4 is 10.1 Å². The first-order valence-electron chi connectivity index (χ1n) is 6.27. The molecule has 1 aliphatic heterocycles. The Labute approximate surface area is 112 Å². The molecule has 0 saturated carbocycles. The highest BCUT2D eigenvalue weighted by Gasteiger charge is 2.20. The van der Waals surface area contributed by atoms with Crippen LogP contribution in [-0.4, -0.2) is 6.54 Å². The van der Waals surface area contributed by atoms with Crippen LogP contribution in [0.1, 0.15) is 22.8 Å². The number of hydrogen-bond acceptors (Lipinski definition) is 3. The molecular weight excluding hydrogens is 236 g/mol. The Bertz CT molecular complexity index is 658. The Kier molecular flexibility index (Phi) is 2.85. The second kappa shape index (κ2) is 4.66. The number of hydrogen-bond donors (Lipinski definition) is 1. The zero-order valence-electron chi connectivity index (χ0n) is 10.7. The standard InChI is InChI=1S/C16H14N2O/c1-11-5-6-14-15(7-11)19-16(10-18-14)13-4-2-3-12(8-13)9-17/h2-8,16,18H,10H2,1H3. The summed E-state index contributed by atoms with van der Waals surface area (Å²) in [5, 5.41) is 12.3. The first-order valence-corrected chi connectivity index (χ1v) is 6.27. The number of anilines is 1. The number of nitrogens with one attached hydrogen (secondary N) is 1. The summed E-state index contributed by atoms with van der Waals surface area (Å²) >= 11 is 0. The molecule has 0 bridgehead atoms. The summed E-state index contributed by atoms with van der Waals surface area (Å²) in [6.07, 6.45) is -0.0531. The molecule has 1 unspecified atom stereocenters. The van der Waals surface area contributed by atoms with Crippen LogP contribution >= 0.6 is 0 Å². The Morgan fingerprint density at radius 3 is 3.00 bits per heavy atom. The minimum absolute atomic E-state index is 0.0531. The van der Waals surface area contributed by atoms with Gasteiger partial charge in [0.15, 0.2) is 0 Å². The SMILES string of the molecule is Cc1ccc2c(c1)OC(c1cccc(C#N)c1)CN2. The minimum atomic E-state index is -0.0531. The summed E-state index contributed by atoms with van der Waals surface area (Å²) in [7, 11) is 0. The monoisotopic (exact) mass is 250 g/mol. The number of rotatable bonds is 1. The van der Waals surface area contributed by atoms with E-state index < -0.39 is 0 Å². The Morgan fingerprint density at radius 2 is 2.16 bits per heavy atom. The largest absolute Gasteiger partial charge is 0.482 e. The summed E-state index contributed by atoms with van der Waals surface area (Å²) in [6, 6.07) is 15.9. The van der Waals surface area contributed by atoms with Crippen LogP contribution in [-0.2, 0) is 0 Å².